The fraction of sp³-hybridized carbons (Fsp3) is 0.421. The van der Waals surface area contributed by atoms with E-state index in [1.165, 1.54) is 0 Å². The van der Waals surface area contributed by atoms with E-state index >= 15 is 0 Å². The molecule has 1 aromatic carbocycles. The molecule has 8 heteroatoms. The van der Waals surface area contributed by atoms with E-state index in [2.05, 4.69) is 44.1 Å². The Morgan fingerprint density at radius 3 is 2.56 bits per heavy atom. The van der Waals surface area contributed by atoms with Gasteiger partial charge in [-0.2, -0.15) is 0 Å². The maximum absolute atomic E-state index is 10.8. The van der Waals surface area contributed by atoms with Crippen LogP contribution >= 0.6 is 11.6 Å². The molecule has 0 spiro atoms. The van der Waals surface area contributed by atoms with Gasteiger partial charge in [-0.15, -0.1) is 10.2 Å². The van der Waals surface area contributed by atoms with E-state index in [4.69, 9.17) is 25.6 Å². The van der Waals surface area contributed by atoms with Crippen LogP contribution in [0.15, 0.2) is 28.7 Å². The number of carboxylic acid groups (broad SMARTS) is 1. The molecule has 6 nitrogen and oxygen atoms in total. The van der Waals surface area contributed by atoms with Gasteiger partial charge in [0.05, 0.1) is 0 Å². The average Bonchev–Trinajstić information content (AvgIpc) is 3.00. The van der Waals surface area contributed by atoms with Gasteiger partial charge in [-0.3, -0.25) is 0 Å². The molecule has 0 saturated heterocycles. The second-order valence-corrected chi connectivity index (χ2v) is 13.1. The van der Waals surface area contributed by atoms with Crippen LogP contribution in [-0.2, 0) is 15.8 Å². The van der Waals surface area contributed by atoms with Crippen molar-refractivity contribution in [2.24, 2.45) is 0 Å². The molecule has 0 aliphatic carbocycles. The lowest BCUT2D eigenvalue weighted by Crippen LogP contribution is -2.40. The molecule has 1 N–H and O–H groups in total. The van der Waals surface area contributed by atoms with Crippen LogP contribution in [0.3, 0.4) is 0 Å². The quantitative estimate of drug-likeness (QED) is 0.508. The van der Waals surface area contributed by atoms with E-state index in [0.717, 1.165) is 6.08 Å². The SMILES string of the molecule is C/C(=C/C(=O)O)c1ccc(-c2nnc(CO[Si](C)(C)C(C)(C)C)o2)cc1Cl. The second-order valence-electron chi connectivity index (χ2n) is 7.91. The number of hydrogen-bond donors (Lipinski definition) is 1. The fourth-order valence-corrected chi connectivity index (χ4v) is 3.37. The molecule has 2 aromatic rings. The van der Waals surface area contributed by atoms with E-state index in [0.29, 0.717) is 33.5 Å². The molecule has 0 bridgehead atoms. The Morgan fingerprint density at radius 2 is 2.00 bits per heavy atom. The molecule has 0 amide bonds. The van der Waals surface area contributed by atoms with Crippen molar-refractivity contribution >= 4 is 31.5 Å². The van der Waals surface area contributed by atoms with Crippen LogP contribution in [0.5, 0.6) is 0 Å². The molecule has 0 saturated carbocycles. The van der Waals surface area contributed by atoms with E-state index in [1.807, 2.05) is 0 Å². The minimum absolute atomic E-state index is 0.0978. The Hall–Kier alpha value is -1.96. The van der Waals surface area contributed by atoms with Gasteiger partial charge in [0, 0.05) is 16.7 Å². The van der Waals surface area contributed by atoms with Gasteiger partial charge >= 0.3 is 5.97 Å². The second kappa shape index (κ2) is 7.96. The molecular formula is C19H25ClN2O4Si. The van der Waals surface area contributed by atoms with Crippen LogP contribution in [0.2, 0.25) is 23.2 Å². The van der Waals surface area contributed by atoms with Crippen molar-refractivity contribution in [3.8, 4) is 11.5 Å². The third-order valence-electron chi connectivity index (χ3n) is 4.81. The van der Waals surface area contributed by atoms with Crippen molar-refractivity contribution in [1.29, 1.82) is 0 Å². The molecule has 1 aromatic heterocycles. The third kappa shape index (κ3) is 5.28. The molecule has 1 heterocycles. The van der Waals surface area contributed by atoms with Gasteiger partial charge in [0.2, 0.25) is 11.8 Å². The monoisotopic (exact) mass is 408 g/mol. The molecule has 0 aliphatic heterocycles. The van der Waals surface area contributed by atoms with Gasteiger partial charge < -0.3 is 13.9 Å². The highest BCUT2D eigenvalue weighted by Crippen LogP contribution is 2.37. The first-order chi connectivity index (χ1) is 12.4. The zero-order chi connectivity index (χ0) is 20.4. The van der Waals surface area contributed by atoms with Crippen LogP contribution in [0.4, 0.5) is 0 Å². The van der Waals surface area contributed by atoms with Crippen LogP contribution in [-0.4, -0.2) is 29.6 Å². The van der Waals surface area contributed by atoms with E-state index in [9.17, 15) is 4.79 Å². The van der Waals surface area contributed by atoms with Gasteiger partial charge in [-0.25, -0.2) is 4.79 Å². The zero-order valence-electron chi connectivity index (χ0n) is 16.5. The molecule has 2 rings (SSSR count). The summed E-state index contributed by atoms with van der Waals surface area (Å²) in [5.74, 6) is -0.259. The maximum Gasteiger partial charge on any atom is 0.328 e. The van der Waals surface area contributed by atoms with Crippen LogP contribution in [0.25, 0.3) is 17.0 Å². The van der Waals surface area contributed by atoms with Gasteiger partial charge in [-0.05, 0) is 48.3 Å². The molecule has 146 valence electrons. The highest BCUT2D eigenvalue weighted by atomic mass is 35.5. The topological polar surface area (TPSA) is 85.5 Å². The number of carbonyl (C=O) groups is 1. The first-order valence-corrected chi connectivity index (χ1v) is 11.9. The van der Waals surface area contributed by atoms with Crippen LogP contribution in [0.1, 0.15) is 39.1 Å². The molecule has 0 radical (unpaired) electrons. The fourth-order valence-electron chi connectivity index (χ4n) is 2.12. The highest BCUT2D eigenvalue weighted by Gasteiger charge is 2.37. The van der Waals surface area contributed by atoms with Crippen molar-refractivity contribution in [3.05, 3.63) is 40.8 Å². The van der Waals surface area contributed by atoms with E-state index in [1.54, 1.807) is 25.1 Å². The molecule has 0 atom stereocenters. The Balaban J connectivity index is 2.17. The van der Waals surface area contributed by atoms with Crippen molar-refractivity contribution in [2.45, 2.75) is 52.4 Å². The normalized spacial score (nSPS) is 13.1. The third-order valence-corrected chi connectivity index (χ3v) is 9.60. The number of hydrogen-bond acceptors (Lipinski definition) is 5. The number of allylic oxidation sites excluding steroid dienone is 1. The molecule has 0 unspecified atom stereocenters. The Morgan fingerprint density at radius 1 is 1.33 bits per heavy atom. The van der Waals surface area contributed by atoms with Crippen molar-refractivity contribution in [1.82, 2.24) is 10.2 Å². The summed E-state index contributed by atoms with van der Waals surface area (Å²) in [6.45, 7) is 12.8. The molecule has 0 aliphatic rings. The van der Waals surface area contributed by atoms with Crippen LogP contribution < -0.4 is 0 Å². The summed E-state index contributed by atoms with van der Waals surface area (Å²) >= 11 is 6.29. The Labute approximate surface area is 165 Å². The summed E-state index contributed by atoms with van der Waals surface area (Å²) in [4.78, 5) is 10.8. The smallest absolute Gasteiger partial charge is 0.328 e. The summed E-state index contributed by atoms with van der Waals surface area (Å²) in [5.41, 5.74) is 1.87. The van der Waals surface area contributed by atoms with E-state index in [-0.39, 0.29) is 11.6 Å². The lowest BCUT2D eigenvalue weighted by Gasteiger charge is -2.35. The van der Waals surface area contributed by atoms with Crippen molar-refractivity contribution < 1.29 is 18.7 Å². The summed E-state index contributed by atoms with van der Waals surface area (Å²) in [6, 6.07) is 5.19. The van der Waals surface area contributed by atoms with E-state index < -0.39 is 14.3 Å². The van der Waals surface area contributed by atoms with Gasteiger partial charge in [0.25, 0.3) is 0 Å². The summed E-state index contributed by atoms with van der Waals surface area (Å²) in [5, 5.41) is 17.5. The number of nitrogens with zero attached hydrogens (tertiary/aromatic N) is 2. The molecule has 27 heavy (non-hydrogen) atoms. The average molecular weight is 409 g/mol. The summed E-state index contributed by atoms with van der Waals surface area (Å²) in [7, 11) is -1.90. The van der Waals surface area contributed by atoms with Gasteiger partial charge in [0.1, 0.15) is 6.61 Å². The van der Waals surface area contributed by atoms with Crippen molar-refractivity contribution in [2.75, 3.05) is 0 Å². The number of aliphatic carboxylic acids is 1. The number of carboxylic acids is 1. The van der Waals surface area contributed by atoms with Gasteiger partial charge in [0.15, 0.2) is 8.32 Å². The highest BCUT2D eigenvalue weighted by molar-refractivity contribution is 6.74. The summed E-state index contributed by atoms with van der Waals surface area (Å²) < 4.78 is 11.8. The first-order valence-electron chi connectivity index (χ1n) is 8.58. The zero-order valence-corrected chi connectivity index (χ0v) is 18.2. The number of halogens is 1. The largest absolute Gasteiger partial charge is 0.478 e. The number of rotatable bonds is 6. The number of benzene rings is 1. The minimum atomic E-state index is -1.90. The predicted octanol–water partition coefficient (Wildman–Crippen LogP) is 5.40. The van der Waals surface area contributed by atoms with Gasteiger partial charge in [-0.1, -0.05) is 38.4 Å². The lowest BCUT2D eigenvalue weighted by molar-refractivity contribution is -0.131. The molecular weight excluding hydrogens is 384 g/mol. The van der Waals surface area contributed by atoms with Crippen LogP contribution in [0, 0.1) is 0 Å². The Kier molecular flexibility index (Phi) is 6.29. The lowest BCUT2D eigenvalue weighted by atomic mass is 10.0. The standard InChI is InChI=1S/C19H25ClN2O4Si/c1-12(9-17(23)24)14-8-7-13(10-15(14)20)18-22-21-16(26-18)11-25-27(5,6)19(2,3)4/h7-10H,11H2,1-6H3,(H,23,24)/b12-9-. The van der Waals surface area contributed by atoms with Crippen molar-refractivity contribution in [3.63, 3.8) is 0 Å². The Bertz CT molecular complexity index is 869. The maximum atomic E-state index is 10.8. The molecule has 0 fully saturated rings. The minimum Gasteiger partial charge on any atom is -0.478 e. The number of aromatic nitrogens is 2. The first kappa shape index (κ1) is 21.3. The summed E-state index contributed by atoms with van der Waals surface area (Å²) in [6.07, 6.45) is 1.11. The predicted molar refractivity (Wildman–Crippen MR) is 108 cm³/mol.